The van der Waals surface area contributed by atoms with Crippen molar-refractivity contribution in [2.45, 2.75) is 44.9 Å². The number of hydrogen-bond acceptors (Lipinski definition) is 5. The van der Waals surface area contributed by atoms with Gasteiger partial charge in [0.1, 0.15) is 10.5 Å². The van der Waals surface area contributed by atoms with Crippen molar-refractivity contribution in [3.63, 3.8) is 0 Å². The molecule has 0 saturated carbocycles. The first-order valence-corrected chi connectivity index (χ1v) is 10.0. The Morgan fingerprint density at radius 1 is 1.41 bits per heavy atom. The van der Waals surface area contributed by atoms with Gasteiger partial charge in [0.25, 0.3) is 5.91 Å². The van der Waals surface area contributed by atoms with E-state index < -0.39 is 11.9 Å². The molecule has 0 radical (unpaired) electrons. The predicted octanol–water partition coefficient (Wildman–Crippen LogP) is 3.62. The van der Waals surface area contributed by atoms with Crippen LogP contribution in [-0.2, 0) is 19.1 Å². The topological polar surface area (TPSA) is 80.0 Å². The summed E-state index contributed by atoms with van der Waals surface area (Å²) in [6, 6.07) is 2.08. The van der Waals surface area contributed by atoms with Gasteiger partial charge in [-0.15, -0.1) is 11.3 Å². The van der Waals surface area contributed by atoms with Crippen molar-refractivity contribution in [2.24, 2.45) is 0 Å². The van der Waals surface area contributed by atoms with Crippen LogP contribution < -0.4 is 5.32 Å². The molecule has 2 N–H and O–H groups in total. The normalized spacial score (nSPS) is 16.8. The van der Waals surface area contributed by atoms with Crippen LogP contribution >= 0.6 is 11.3 Å². The lowest BCUT2D eigenvalue weighted by molar-refractivity contribution is -0.140. The molecule has 1 unspecified atom stereocenters. The SMILES string of the molecule is Cc1c(C(=O)NC2CCCc3c2cnn3CCO)sc2nc(C(F)(F)F)ccc12. The Morgan fingerprint density at radius 3 is 2.93 bits per heavy atom. The van der Waals surface area contributed by atoms with E-state index in [-0.39, 0.29) is 23.4 Å². The van der Waals surface area contributed by atoms with Gasteiger partial charge in [0.05, 0.1) is 30.3 Å². The Balaban J connectivity index is 1.61. The summed E-state index contributed by atoms with van der Waals surface area (Å²) in [6.07, 6.45) is -0.361. The maximum Gasteiger partial charge on any atom is 0.433 e. The molecule has 1 aliphatic carbocycles. The molecule has 0 fully saturated rings. The number of amides is 1. The highest BCUT2D eigenvalue weighted by atomic mass is 32.1. The minimum Gasteiger partial charge on any atom is -0.394 e. The molecule has 3 aromatic heterocycles. The van der Waals surface area contributed by atoms with Crippen molar-refractivity contribution in [3.8, 4) is 0 Å². The molecule has 3 aromatic rings. The first-order chi connectivity index (χ1) is 13.8. The standard InChI is InChI=1S/C19H19F3N4O2S/c1-10-11-5-6-15(19(20,21)22)25-18(11)29-16(10)17(28)24-13-3-2-4-14-12(13)9-23-26(14)7-8-27/h5-6,9,13,27H,2-4,7-8H2,1H3,(H,24,28). The van der Waals surface area contributed by atoms with Crippen LogP contribution in [0.3, 0.4) is 0 Å². The second-order valence-corrected chi connectivity index (χ2v) is 8.01. The molecule has 0 saturated heterocycles. The van der Waals surface area contributed by atoms with E-state index in [0.29, 0.717) is 22.4 Å². The van der Waals surface area contributed by atoms with Gasteiger partial charge in [-0.2, -0.15) is 18.3 Å². The number of halogens is 3. The van der Waals surface area contributed by atoms with Gasteiger partial charge in [-0.05, 0) is 43.9 Å². The molecule has 3 heterocycles. The third kappa shape index (κ3) is 3.62. The van der Waals surface area contributed by atoms with Crippen molar-refractivity contribution in [3.05, 3.63) is 45.7 Å². The molecule has 29 heavy (non-hydrogen) atoms. The van der Waals surface area contributed by atoms with Gasteiger partial charge in [0, 0.05) is 16.6 Å². The number of fused-ring (bicyclic) bond motifs is 2. The van der Waals surface area contributed by atoms with Crippen LogP contribution in [0.15, 0.2) is 18.3 Å². The molecule has 10 heteroatoms. The van der Waals surface area contributed by atoms with Crippen LogP contribution in [-0.4, -0.2) is 32.4 Å². The number of nitrogens with zero attached hydrogens (tertiary/aromatic N) is 3. The Kier molecular flexibility index (Phi) is 5.07. The number of aliphatic hydroxyl groups excluding tert-OH is 1. The molecular weight excluding hydrogens is 405 g/mol. The highest BCUT2D eigenvalue weighted by Gasteiger charge is 2.33. The molecule has 1 atom stereocenters. The number of carbonyl (C=O) groups excluding carboxylic acids is 1. The predicted molar refractivity (Wildman–Crippen MR) is 102 cm³/mol. The number of nitrogens with one attached hydrogen (secondary N) is 1. The minimum atomic E-state index is -4.53. The number of pyridine rings is 1. The zero-order valence-corrected chi connectivity index (χ0v) is 16.4. The van der Waals surface area contributed by atoms with Crippen LogP contribution in [0.5, 0.6) is 0 Å². The van der Waals surface area contributed by atoms with E-state index in [9.17, 15) is 18.0 Å². The van der Waals surface area contributed by atoms with E-state index in [2.05, 4.69) is 15.4 Å². The molecule has 154 valence electrons. The van der Waals surface area contributed by atoms with Crippen LogP contribution in [0.1, 0.15) is 51.1 Å². The van der Waals surface area contributed by atoms with Gasteiger partial charge in [-0.1, -0.05) is 0 Å². The third-order valence-corrected chi connectivity index (χ3v) is 6.38. The smallest absolute Gasteiger partial charge is 0.394 e. The molecular formula is C19H19F3N4O2S. The zero-order valence-electron chi connectivity index (χ0n) is 15.6. The first-order valence-electron chi connectivity index (χ1n) is 9.23. The van der Waals surface area contributed by atoms with E-state index in [1.165, 1.54) is 6.07 Å². The Bertz CT molecular complexity index is 1070. The van der Waals surface area contributed by atoms with Crippen LogP contribution in [0.25, 0.3) is 10.2 Å². The van der Waals surface area contributed by atoms with Crippen molar-refractivity contribution in [1.29, 1.82) is 0 Å². The van der Waals surface area contributed by atoms with Crippen molar-refractivity contribution in [1.82, 2.24) is 20.1 Å². The molecule has 0 spiro atoms. The highest BCUT2D eigenvalue weighted by Crippen LogP contribution is 2.35. The van der Waals surface area contributed by atoms with Crippen LogP contribution in [0.4, 0.5) is 13.2 Å². The first kappa shape index (κ1) is 19.8. The zero-order chi connectivity index (χ0) is 20.8. The minimum absolute atomic E-state index is 0.0148. The molecule has 6 nitrogen and oxygen atoms in total. The second kappa shape index (κ2) is 7.42. The summed E-state index contributed by atoms with van der Waals surface area (Å²) in [7, 11) is 0. The van der Waals surface area contributed by atoms with Gasteiger partial charge < -0.3 is 10.4 Å². The summed E-state index contributed by atoms with van der Waals surface area (Å²) in [4.78, 5) is 17.2. The second-order valence-electron chi connectivity index (χ2n) is 7.01. The van der Waals surface area contributed by atoms with E-state index in [1.807, 2.05) is 0 Å². The lowest BCUT2D eigenvalue weighted by Gasteiger charge is -2.24. The van der Waals surface area contributed by atoms with Gasteiger partial charge in [0.2, 0.25) is 0 Å². The van der Waals surface area contributed by atoms with Gasteiger partial charge in [-0.25, -0.2) is 4.98 Å². The van der Waals surface area contributed by atoms with Crippen molar-refractivity contribution in [2.75, 3.05) is 6.61 Å². The van der Waals surface area contributed by atoms with E-state index >= 15 is 0 Å². The summed E-state index contributed by atoms with van der Waals surface area (Å²) in [5.74, 6) is -0.327. The van der Waals surface area contributed by atoms with Gasteiger partial charge >= 0.3 is 6.18 Å². The molecule has 0 bridgehead atoms. The number of aromatic nitrogens is 3. The third-order valence-electron chi connectivity index (χ3n) is 5.18. The number of hydrogen-bond donors (Lipinski definition) is 2. The lowest BCUT2D eigenvalue weighted by Crippen LogP contribution is -2.31. The number of aliphatic hydroxyl groups is 1. The Morgan fingerprint density at radius 2 is 2.21 bits per heavy atom. The summed E-state index contributed by atoms with van der Waals surface area (Å²) < 4.78 is 40.5. The number of thiophene rings is 1. The Labute approximate surface area is 168 Å². The number of rotatable bonds is 4. The van der Waals surface area contributed by atoms with Crippen molar-refractivity contribution < 1.29 is 23.1 Å². The van der Waals surface area contributed by atoms with Gasteiger partial charge in [0.15, 0.2) is 0 Å². The number of alkyl halides is 3. The fourth-order valence-electron chi connectivity index (χ4n) is 3.75. The quantitative estimate of drug-likeness (QED) is 0.671. The average molecular weight is 424 g/mol. The molecule has 4 rings (SSSR count). The Hall–Kier alpha value is -2.46. The summed E-state index contributed by atoms with van der Waals surface area (Å²) in [5, 5.41) is 17.0. The van der Waals surface area contributed by atoms with Crippen molar-refractivity contribution >= 4 is 27.5 Å². The van der Waals surface area contributed by atoms with Gasteiger partial charge in [-0.3, -0.25) is 9.48 Å². The molecule has 1 amide bonds. The molecule has 0 aliphatic heterocycles. The average Bonchev–Trinajstić information content (AvgIpc) is 3.23. The monoisotopic (exact) mass is 424 g/mol. The van der Waals surface area contributed by atoms with Crippen LogP contribution in [0.2, 0.25) is 0 Å². The molecule has 0 aromatic carbocycles. The van der Waals surface area contributed by atoms with Crippen LogP contribution in [0, 0.1) is 6.92 Å². The van der Waals surface area contributed by atoms with E-state index in [0.717, 1.165) is 47.9 Å². The van der Waals surface area contributed by atoms with E-state index in [4.69, 9.17) is 5.11 Å². The maximum absolute atomic E-state index is 12.9. The highest BCUT2D eigenvalue weighted by molar-refractivity contribution is 7.20. The fourth-order valence-corrected chi connectivity index (χ4v) is 4.84. The molecule has 1 aliphatic rings. The maximum atomic E-state index is 12.9. The fraction of sp³-hybridized carbons (Fsp3) is 0.421. The number of carbonyl (C=O) groups is 1. The lowest BCUT2D eigenvalue weighted by atomic mass is 9.93. The summed E-state index contributed by atoms with van der Waals surface area (Å²) in [6.45, 7) is 2.10. The largest absolute Gasteiger partial charge is 0.433 e. The summed E-state index contributed by atoms with van der Waals surface area (Å²) >= 11 is 0.968. The number of aryl methyl sites for hydroxylation is 1. The summed E-state index contributed by atoms with van der Waals surface area (Å²) in [5.41, 5.74) is 1.58. The van der Waals surface area contributed by atoms with E-state index in [1.54, 1.807) is 17.8 Å².